The number of carbonyl (C=O) groups excluding carboxylic acids is 1. The third-order valence-electron chi connectivity index (χ3n) is 8.52. The number of likely N-dealkylation sites (tertiary alicyclic amines) is 1. The number of aliphatic hydroxyl groups is 1. The van der Waals surface area contributed by atoms with Crippen molar-refractivity contribution < 1.29 is 19.0 Å². The molecular weight excluding hydrogens is 491 g/mol. The van der Waals surface area contributed by atoms with Gasteiger partial charge < -0.3 is 20.1 Å². The van der Waals surface area contributed by atoms with Crippen molar-refractivity contribution in [3.8, 4) is 0 Å². The minimum absolute atomic E-state index is 0.0200. The lowest BCUT2D eigenvalue weighted by Crippen LogP contribution is -2.49. The molecule has 1 aliphatic heterocycles. The fraction of sp³-hybridized carbons (Fsp3) is 0.767. The number of hydrogen-bond donors (Lipinski definition) is 2. The molecule has 1 aromatic carbocycles. The Kier molecular flexibility index (Phi) is 12.6. The van der Waals surface area contributed by atoms with E-state index in [0.29, 0.717) is 51.5 Å². The van der Waals surface area contributed by atoms with Crippen molar-refractivity contribution in [3.05, 3.63) is 34.6 Å². The Bertz CT molecular complexity index is 835. The average molecular weight is 539 g/mol. The summed E-state index contributed by atoms with van der Waals surface area (Å²) in [6.45, 7) is 5.22. The second-order valence-corrected chi connectivity index (χ2v) is 11.6. The minimum Gasteiger partial charge on any atom is -0.385 e. The maximum Gasteiger partial charge on any atom is 0.222 e. The molecule has 0 unspecified atom stereocenters. The van der Waals surface area contributed by atoms with Gasteiger partial charge in [-0.2, -0.15) is 0 Å². The van der Waals surface area contributed by atoms with E-state index in [1.807, 2.05) is 18.9 Å². The highest BCUT2D eigenvalue weighted by molar-refractivity contribution is 6.30. The normalized spacial score (nSPS) is 21.5. The summed E-state index contributed by atoms with van der Waals surface area (Å²) in [5.74, 6) is 0.407. The number of nitrogens with one attached hydrogen (secondary N) is 1. The molecule has 0 bridgehead atoms. The summed E-state index contributed by atoms with van der Waals surface area (Å²) in [4.78, 5) is 15.4. The molecule has 1 heterocycles. The van der Waals surface area contributed by atoms with Crippen LogP contribution in [0.3, 0.4) is 0 Å². The van der Waals surface area contributed by atoms with E-state index in [-0.39, 0.29) is 22.4 Å². The number of rotatable bonds is 14. The molecule has 7 heteroatoms. The van der Waals surface area contributed by atoms with Gasteiger partial charge in [0.05, 0.1) is 10.6 Å². The van der Waals surface area contributed by atoms with Gasteiger partial charge in [-0.3, -0.25) is 4.79 Å². The van der Waals surface area contributed by atoms with Crippen LogP contribution in [0.5, 0.6) is 0 Å². The number of amides is 1. The average Bonchev–Trinajstić information content (AvgIpc) is 2.90. The smallest absolute Gasteiger partial charge is 0.222 e. The van der Waals surface area contributed by atoms with Crippen LogP contribution >= 0.6 is 11.6 Å². The van der Waals surface area contributed by atoms with Gasteiger partial charge in [-0.25, -0.2) is 4.39 Å². The number of unbranched alkanes of at least 4 members (excludes halogenated alkanes) is 1. The first-order valence-electron chi connectivity index (χ1n) is 14.6. The lowest BCUT2D eigenvalue weighted by Gasteiger charge is -2.43. The number of halogens is 2. The van der Waals surface area contributed by atoms with E-state index < -0.39 is 11.4 Å². The van der Waals surface area contributed by atoms with Crippen molar-refractivity contribution >= 4 is 17.5 Å². The molecule has 1 saturated heterocycles. The molecule has 5 nitrogen and oxygen atoms in total. The van der Waals surface area contributed by atoms with Gasteiger partial charge in [0, 0.05) is 44.2 Å². The fourth-order valence-corrected chi connectivity index (χ4v) is 6.71. The molecule has 210 valence electrons. The zero-order valence-electron chi connectivity index (χ0n) is 23.0. The third kappa shape index (κ3) is 8.64. The van der Waals surface area contributed by atoms with Crippen molar-refractivity contribution in [3.63, 3.8) is 0 Å². The Morgan fingerprint density at radius 2 is 2.03 bits per heavy atom. The van der Waals surface area contributed by atoms with Gasteiger partial charge in [0.25, 0.3) is 0 Å². The molecule has 2 fully saturated rings. The molecule has 2 aliphatic rings. The first-order valence-corrected chi connectivity index (χ1v) is 14.9. The summed E-state index contributed by atoms with van der Waals surface area (Å²) in [6.07, 6.45) is 11.6. The van der Waals surface area contributed by atoms with Crippen LogP contribution in [0.2, 0.25) is 5.02 Å². The quantitative estimate of drug-likeness (QED) is 0.272. The zero-order valence-corrected chi connectivity index (χ0v) is 23.7. The Balaban J connectivity index is 1.71. The Labute approximate surface area is 228 Å². The predicted molar refractivity (Wildman–Crippen MR) is 148 cm³/mol. The standard InChI is InChI=1S/C30H48ClFN2O3/c1-3-37-18-8-7-16-30(36,26-14-9-15-27(31)29(26)32)25-13-10-17-34(22-25)28(35)20-24(21-33-2)19-23-11-5-4-6-12-23/h9,14-15,23-25,33,36H,3-8,10-13,16-22H2,1-2H3/t24-,25-,30+/m1/s1. The molecule has 0 radical (unpaired) electrons. The van der Waals surface area contributed by atoms with Crippen LogP contribution in [0.1, 0.15) is 89.5 Å². The van der Waals surface area contributed by atoms with Crippen LogP contribution in [0.4, 0.5) is 4.39 Å². The van der Waals surface area contributed by atoms with Crippen LogP contribution in [-0.2, 0) is 15.1 Å². The second kappa shape index (κ2) is 15.4. The third-order valence-corrected chi connectivity index (χ3v) is 8.81. The zero-order chi connectivity index (χ0) is 26.7. The summed E-state index contributed by atoms with van der Waals surface area (Å²) >= 11 is 6.13. The van der Waals surface area contributed by atoms with Crippen LogP contribution in [0.15, 0.2) is 18.2 Å². The first-order chi connectivity index (χ1) is 17.9. The Morgan fingerprint density at radius 3 is 2.76 bits per heavy atom. The lowest BCUT2D eigenvalue weighted by atomic mass is 9.73. The first kappa shape index (κ1) is 30.3. The van der Waals surface area contributed by atoms with E-state index in [9.17, 15) is 9.90 Å². The van der Waals surface area contributed by atoms with Crippen LogP contribution in [0.25, 0.3) is 0 Å². The number of benzene rings is 1. The Hall–Kier alpha value is -1.21. The van der Waals surface area contributed by atoms with Gasteiger partial charge in [-0.1, -0.05) is 55.8 Å². The van der Waals surface area contributed by atoms with Gasteiger partial charge in [0.15, 0.2) is 0 Å². The molecule has 1 aromatic rings. The van der Waals surface area contributed by atoms with Crippen molar-refractivity contribution in [2.75, 3.05) is 39.9 Å². The molecular formula is C30H48ClFN2O3. The van der Waals surface area contributed by atoms with Crippen molar-refractivity contribution in [2.45, 2.75) is 89.6 Å². The SMILES string of the molecule is CCOCCCC[C@@](O)(c1cccc(Cl)c1F)[C@@H]1CCCN(C(=O)C[C@H](CNC)CC2CCCCC2)C1. The van der Waals surface area contributed by atoms with Crippen LogP contribution in [0, 0.1) is 23.6 Å². The largest absolute Gasteiger partial charge is 0.385 e. The maximum atomic E-state index is 15.2. The van der Waals surface area contributed by atoms with Gasteiger partial charge in [0.1, 0.15) is 5.82 Å². The van der Waals surface area contributed by atoms with Gasteiger partial charge in [-0.15, -0.1) is 0 Å². The van der Waals surface area contributed by atoms with Gasteiger partial charge >= 0.3 is 0 Å². The van der Waals surface area contributed by atoms with Crippen molar-refractivity contribution in [1.29, 1.82) is 0 Å². The van der Waals surface area contributed by atoms with Crippen LogP contribution < -0.4 is 5.32 Å². The highest BCUT2D eigenvalue weighted by Gasteiger charge is 2.43. The summed E-state index contributed by atoms with van der Waals surface area (Å²) in [5.41, 5.74) is -1.13. The molecule has 3 rings (SSSR count). The highest BCUT2D eigenvalue weighted by atomic mass is 35.5. The maximum absolute atomic E-state index is 15.2. The number of hydrogen-bond acceptors (Lipinski definition) is 4. The second-order valence-electron chi connectivity index (χ2n) is 11.2. The molecule has 3 atom stereocenters. The topological polar surface area (TPSA) is 61.8 Å². The molecule has 1 saturated carbocycles. The highest BCUT2D eigenvalue weighted by Crippen LogP contribution is 2.42. The van der Waals surface area contributed by atoms with Crippen molar-refractivity contribution in [2.24, 2.45) is 17.8 Å². The van der Waals surface area contributed by atoms with Crippen molar-refractivity contribution in [1.82, 2.24) is 10.2 Å². The molecule has 2 N–H and O–H groups in total. The van der Waals surface area contributed by atoms with E-state index in [1.54, 1.807) is 12.1 Å². The summed E-state index contributed by atoms with van der Waals surface area (Å²) in [5, 5.41) is 15.4. The van der Waals surface area contributed by atoms with E-state index in [1.165, 1.54) is 38.2 Å². The Morgan fingerprint density at radius 1 is 1.24 bits per heavy atom. The summed E-state index contributed by atoms with van der Waals surface area (Å²) in [6, 6.07) is 4.86. The van der Waals surface area contributed by atoms with Gasteiger partial charge in [0.2, 0.25) is 5.91 Å². The fourth-order valence-electron chi connectivity index (χ4n) is 6.53. The number of carbonyl (C=O) groups is 1. The molecule has 0 aromatic heterocycles. The van der Waals surface area contributed by atoms with E-state index in [2.05, 4.69) is 5.32 Å². The molecule has 1 amide bonds. The number of nitrogens with zero attached hydrogens (tertiary/aromatic N) is 1. The molecule has 37 heavy (non-hydrogen) atoms. The number of piperidine rings is 1. The predicted octanol–water partition coefficient (Wildman–Crippen LogP) is 6.31. The lowest BCUT2D eigenvalue weighted by molar-refractivity contribution is -0.138. The summed E-state index contributed by atoms with van der Waals surface area (Å²) < 4.78 is 20.7. The molecule has 0 spiro atoms. The number of ether oxygens (including phenoxy) is 1. The monoisotopic (exact) mass is 538 g/mol. The van der Waals surface area contributed by atoms with E-state index in [4.69, 9.17) is 16.3 Å². The van der Waals surface area contributed by atoms with Crippen LogP contribution in [-0.4, -0.2) is 55.8 Å². The van der Waals surface area contributed by atoms with E-state index in [0.717, 1.165) is 38.1 Å². The van der Waals surface area contributed by atoms with E-state index >= 15 is 4.39 Å². The van der Waals surface area contributed by atoms with Gasteiger partial charge in [-0.05, 0) is 76.9 Å². The molecule has 1 aliphatic carbocycles. The minimum atomic E-state index is -1.38. The summed E-state index contributed by atoms with van der Waals surface area (Å²) in [7, 11) is 1.96.